The molecule has 1 atom stereocenters. The molecule has 1 nitrogen and oxygen atoms in total. The molecule has 0 fully saturated rings. The molecule has 0 heterocycles. The second kappa shape index (κ2) is 4.28. The minimum absolute atomic E-state index is 0.0472. The Labute approximate surface area is 82.9 Å². The van der Waals surface area contributed by atoms with Gasteiger partial charge in [-0.05, 0) is 17.3 Å². The Morgan fingerprint density at radius 2 is 1.54 bits per heavy atom. The first-order valence-corrected chi connectivity index (χ1v) is 4.98. The molecule has 0 unspecified atom stereocenters. The van der Waals surface area contributed by atoms with Crippen LogP contribution in [0.3, 0.4) is 0 Å². The second-order valence-electron chi connectivity index (χ2n) is 6.00. The molecule has 0 spiro atoms. The topological polar surface area (TPSA) is 20.2 Å². The number of hydrogen-bond acceptors (Lipinski definition) is 1. The number of aliphatic hydroxyl groups is 1. The van der Waals surface area contributed by atoms with Gasteiger partial charge in [0.1, 0.15) is 0 Å². The van der Waals surface area contributed by atoms with Crippen LogP contribution in [-0.2, 0) is 0 Å². The van der Waals surface area contributed by atoms with Gasteiger partial charge in [0, 0.05) is 0 Å². The minimum atomic E-state index is -0.338. The number of aliphatic hydroxyl groups excluding tert-OH is 1. The molecule has 0 aromatic carbocycles. The normalized spacial score (nSPS) is 16.5. The van der Waals surface area contributed by atoms with Crippen molar-refractivity contribution in [3.05, 3.63) is 12.2 Å². The highest BCUT2D eigenvalue weighted by molar-refractivity contribution is 4.95. The Bertz CT molecular complexity index is 167. The smallest absolute Gasteiger partial charge is 0.0769 e. The molecule has 1 N–H and O–H groups in total. The fourth-order valence-electron chi connectivity index (χ4n) is 0.839. The van der Waals surface area contributed by atoms with E-state index < -0.39 is 0 Å². The van der Waals surface area contributed by atoms with Gasteiger partial charge in [-0.3, -0.25) is 0 Å². The third kappa shape index (κ3) is 6.83. The molecule has 0 bridgehead atoms. The Balaban J connectivity index is 4.00. The first-order chi connectivity index (χ1) is 5.63. The van der Waals surface area contributed by atoms with Crippen molar-refractivity contribution in [3.8, 4) is 0 Å². The maximum Gasteiger partial charge on any atom is 0.0769 e. The summed E-state index contributed by atoms with van der Waals surface area (Å²) < 4.78 is 0. The third-order valence-corrected chi connectivity index (χ3v) is 1.94. The van der Waals surface area contributed by atoms with E-state index in [-0.39, 0.29) is 11.5 Å². The number of allylic oxidation sites excluding steroid dienone is 1. The summed E-state index contributed by atoms with van der Waals surface area (Å²) in [6, 6.07) is 0. The monoisotopic (exact) mass is 184 g/mol. The highest BCUT2D eigenvalue weighted by atomic mass is 16.3. The van der Waals surface area contributed by atoms with Crippen LogP contribution >= 0.6 is 0 Å². The molecular weight excluding hydrogens is 160 g/mol. The van der Waals surface area contributed by atoms with Gasteiger partial charge in [0.25, 0.3) is 0 Å². The van der Waals surface area contributed by atoms with Gasteiger partial charge in [-0.1, -0.05) is 53.7 Å². The molecule has 0 aliphatic carbocycles. The molecule has 0 rings (SSSR count). The Kier molecular flexibility index (Phi) is 4.18. The summed E-state index contributed by atoms with van der Waals surface area (Å²) in [5.74, 6) is 0. The van der Waals surface area contributed by atoms with Crippen LogP contribution in [-0.4, -0.2) is 11.2 Å². The summed E-state index contributed by atoms with van der Waals surface area (Å²) in [7, 11) is 0. The SMILES string of the molecule is CC(C)(C)C/C=C/[C@@H](O)C(C)(C)C. The van der Waals surface area contributed by atoms with E-state index in [9.17, 15) is 5.11 Å². The van der Waals surface area contributed by atoms with Crippen LogP contribution in [0.2, 0.25) is 0 Å². The fourth-order valence-corrected chi connectivity index (χ4v) is 0.839. The van der Waals surface area contributed by atoms with Gasteiger partial charge in [-0.2, -0.15) is 0 Å². The van der Waals surface area contributed by atoms with Gasteiger partial charge in [0.15, 0.2) is 0 Å². The fraction of sp³-hybridized carbons (Fsp3) is 0.833. The Morgan fingerprint density at radius 1 is 1.08 bits per heavy atom. The summed E-state index contributed by atoms with van der Waals surface area (Å²) in [5, 5.41) is 9.70. The molecule has 0 aromatic heterocycles. The van der Waals surface area contributed by atoms with Gasteiger partial charge in [-0.15, -0.1) is 0 Å². The zero-order valence-electron chi connectivity index (χ0n) is 9.89. The van der Waals surface area contributed by atoms with Crippen LogP contribution in [0.25, 0.3) is 0 Å². The lowest BCUT2D eigenvalue weighted by Crippen LogP contribution is -2.23. The van der Waals surface area contributed by atoms with Crippen LogP contribution in [0.15, 0.2) is 12.2 Å². The molecule has 0 amide bonds. The quantitative estimate of drug-likeness (QED) is 0.652. The van der Waals surface area contributed by atoms with Crippen molar-refractivity contribution < 1.29 is 5.11 Å². The molecule has 0 radical (unpaired) electrons. The van der Waals surface area contributed by atoms with E-state index in [1.54, 1.807) is 0 Å². The average molecular weight is 184 g/mol. The van der Waals surface area contributed by atoms with Gasteiger partial charge in [0.05, 0.1) is 6.10 Å². The molecule has 0 aliphatic heterocycles. The van der Waals surface area contributed by atoms with Crippen LogP contribution in [0.4, 0.5) is 0 Å². The predicted octanol–water partition coefficient (Wildman–Crippen LogP) is 3.39. The van der Waals surface area contributed by atoms with Gasteiger partial charge in [0.2, 0.25) is 0 Å². The van der Waals surface area contributed by atoms with Gasteiger partial charge < -0.3 is 5.11 Å². The lowest BCUT2D eigenvalue weighted by molar-refractivity contribution is 0.105. The predicted molar refractivity (Wildman–Crippen MR) is 58.7 cm³/mol. The van der Waals surface area contributed by atoms with Crippen molar-refractivity contribution in [1.82, 2.24) is 0 Å². The maximum atomic E-state index is 9.70. The number of hydrogen-bond donors (Lipinski definition) is 1. The van der Waals surface area contributed by atoms with Crippen molar-refractivity contribution in [2.75, 3.05) is 0 Å². The zero-order chi connectivity index (χ0) is 10.7. The van der Waals surface area contributed by atoms with Crippen molar-refractivity contribution in [1.29, 1.82) is 0 Å². The van der Waals surface area contributed by atoms with Crippen LogP contribution in [0.5, 0.6) is 0 Å². The van der Waals surface area contributed by atoms with Gasteiger partial charge in [-0.25, -0.2) is 0 Å². The summed E-state index contributed by atoms with van der Waals surface area (Å²) in [4.78, 5) is 0. The molecule has 0 saturated heterocycles. The van der Waals surface area contributed by atoms with E-state index in [1.807, 2.05) is 26.8 Å². The highest BCUT2D eigenvalue weighted by Crippen LogP contribution is 2.22. The van der Waals surface area contributed by atoms with Crippen molar-refractivity contribution in [3.63, 3.8) is 0 Å². The van der Waals surface area contributed by atoms with Crippen LogP contribution < -0.4 is 0 Å². The first-order valence-electron chi connectivity index (χ1n) is 4.98. The van der Waals surface area contributed by atoms with Crippen molar-refractivity contribution in [2.24, 2.45) is 10.8 Å². The summed E-state index contributed by atoms with van der Waals surface area (Å²) in [6.45, 7) is 12.7. The van der Waals surface area contributed by atoms with Crippen molar-refractivity contribution in [2.45, 2.75) is 54.1 Å². The average Bonchev–Trinajstić information content (AvgIpc) is 1.82. The maximum absolute atomic E-state index is 9.70. The van der Waals surface area contributed by atoms with Gasteiger partial charge >= 0.3 is 0 Å². The third-order valence-electron chi connectivity index (χ3n) is 1.94. The molecule has 13 heavy (non-hydrogen) atoms. The lowest BCUT2D eigenvalue weighted by Gasteiger charge is -2.23. The molecule has 1 heteroatoms. The number of rotatable bonds is 2. The van der Waals surface area contributed by atoms with E-state index in [0.29, 0.717) is 5.41 Å². The van der Waals surface area contributed by atoms with Crippen LogP contribution in [0.1, 0.15) is 48.0 Å². The van der Waals surface area contributed by atoms with E-state index in [0.717, 1.165) is 6.42 Å². The Morgan fingerprint density at radius 3 is 1.85 bits per heavy atom. The molecule has 0 aromatic rings. The van der Waals surface area contributed by atoms with E-state index in [2.05, 4.69) is 26.8 Å². The molecule has 78 valence electrons. The minimum Gasteiger partial charge on any atom is -0.388 e. The van der Waals surface area contributed by atoms with Crippen molar-refractivity contribution >= 4 is 0 Å². The Hall–Kier alpha value is -0.300. The largest absolute Gasteiger partial charge is 0.388 e. The molecule has 0 aliphatic rings. The molecular formula is C12H24O. The standard InChI is InChI=1S/C12H24O/c1-11(2,3)9-7-8-10(13)12(4,5)6/h7-8,10,13H,9H2,1-6H3/b8-7+/t10-/m1/s1. The lowest BCUT2D eigenvalue weighted by atomic mass is 9.87. The van der Waals surface area contributed by atoms with E-state index >= 15 is 0 Å². The van der Waals surface area contributed by atoms with Crippen LogP contribution in [0, 0.1) is 10.8 Å². The van der Waals surface area contributed by atoms with E-state index in [4.69, 9.17) is 0 Å². The zero-order valence-corrected chi connectivity index (χ0v) is 9.89. The summed E-state index contributed by atoms with van der Waals surface area (Å²) >= 11 is 0. The van der Waals surface area contributed by atoms with E-state index in [1.165, 1.54) is 0 Å². The highest BCUT2D eigenvalue weighted by Gasteiger charge is 2.19. The molecule has 0 saturated carbocycles. The summed E-state index contributed by atoms with van der Waals surface area (Å²) in [5.41, 5.74) is 0.266. The summed E-state index contributed by atoms with van der Waals surface area (Å²) in [6.07, 6.45) is 4.66. The second-order valence-corrected chi connectivity index (χ2v) is 6.00. The first kappa shape index (κ1) is 12.7.